The van der Waals surface area contributed by atoms with Gasteiger partial charge in [0.2, 0.25) is 5.91 Å². The van der Waals surface area contributed by atoms with Crippen LogP contribution >= 0.6 is 0 Å². The Morgan fingerprint density at radius 1 is 0.889 bits per heavy atom. The van der Waals surface area contributed by atoms with E-state index in [1.54, 1.807) is 36.4 Å². The molecule has 0 unspecified atom stereocenters. The lowest BCUT2D eigenvalue weighted by Gasteiger charge is -2.06. The molecule has 1 amide bonds. The van der Waals surface area contributed by atoms with Crippen molar-refractivity contribution in [2.75, 3.05) is 5.32 Å². The van der Waals surface area contributed by atoms with Crippen molar-refractivity contribution < 1.29 is 14.0 Å². The Morgan fingerprint density at radius 2 is 1.63 bits per heavy atom. The van der Waals surface area contributed by atoms with E-state index in [1.165, 1.54) is 6.92 Å². The van der Waals surface area contributed by atoms with Crippen LogP contribution < -0.4 is 10.9 Å². The average Bonchev–Trinajstić information content (AvgIpc) is 2.67. The van der Waals surface area contributed by atoms with Crippen LogP contribution in [-0.4, -0.2) is 11.7 Å². The molecule has 0 aliphatic rings. The van der Waals surface area contributed by atoms with Gasteiger partial charge in [-0.1, -0.05) is 30.3 Å². The summed E-state index contributed by atoms with van der Waals surface area (Å²) in [4.78, 5) is 36.3. The molecule has 0 saturated carbocycles. The van der Waals surface area contributed by atoms with Crippen LogP contribution in [0.4, 0.5) is 5.69 Å². The van der Waals surface area contributed by atoms with Gasteiger partial charge in [-0.2, -0.15) is 0 Å². The molecule has 0 bridgehead atoms. The molecule has 27 heavy (non-hydrogen) atoms. The summed E-state index contributed by atoms with van der Waals surface area (Å²) in [7, 11) is 0. The summed E-state index contributed by atoms with van der Waals surface area (Å²) in [6.45, 7) is 1.41. The average molecular weight is 357 g/mol. The van der Waals surface area contributed by atoms with Crippen LogP contribution in [0.1, 0.15) is 22.8 Å². The molecule has 0 atom stereocenters. The molecule has 1 N–H and O–H groups in total. The smallest absolute Gasteiger partial charge is 0.347 e. The number of anilines is 1. The number of benzene rings is 3. The van der Waals surface area contributed by atoms with Gasteiger partial charge in [-0.25, -0.2) is 4.79 Å². The Morgan fingerprint density at radius 3 is 2.37 bits per heavy atom. The van der Waals surface area contributed by atoms with E-state index in [9.17, 15) is 14.4 Å². The van der Waals surface area contributed by atoms with Crippen molar-refractivity contribution >= 4 is 39.1 Å². The second-order valence-electron chi connectivity index (χ2n) is 6.23. The SMILES string of the molecule is CC(=O)Nc1ccc(C(=O)c2cc3c(ccc4ccccc43)oc2=O)cc1. The van der Waals surface area contributed by atoms with Crippen molar-refractivity contribution in [1.29, 1.82) is 0 Å². The molecule has 0 fully saturated rings. The highest BCUT2D eigenvalue weighted by Crippen LogP contribution is 2.25. The molecule has 132 valence electrons. The van der Waals surface area contributed by atoms with E-state index in [0.29, 0.717) is 22.2 Å². The lowest BCUT2D eigenvalue weighted by atomic mass is 10.0. The Bertz CT molecular complexity index is 1250. The highest BCUT2D eigenvalue weighted by molar-refractivity contribution is 6.13. The van der Waals surface area contributed by atoms with Gasteiger partial charge in [0.05, 0.1) is 0 Å². The van der Waals surface area contributed by atoms with Crippen LogP contribution in [0.3, 0.4) is 0 Å². The van der Waals surface area contributed by atoms with E-state index in [0.717, 1.165) is 10.8 Å². The minimum atomic E-state index is -0.672. The summed E-state index contributed by atoms with van der Waals surface area (Å²) < 4.78 is 5.39. The molecule has 4 aromatic rings. The molecule has 0 saturated heterocycles. The third-order valence-corrected chi connectivity index (χ3v) is 4.35. The summed E-state index contributed by atoms with van der Waals surface area (Å²) in [5.41, 5.74) is 0.669. The van der Waals surface area contributed by atoms with Gasteiger partial charge in [0, 0.05) is 23.6 Å². The number of fused-ring (bicyclic) bond motifs is 3. The van der Waals surface area contributed by atoms with Gasteiger partial charge < -0.3 is 9.73 Å². The predicted octanol–water partition coefficient (Wildman–Crippen LogP) is 4.14. The second kappa shape index (κ2) is 6.53. The van der Waals surface area contributed by atoms with Crippen molar-refractivity contribution in [2.24, 2.45) is 0 Å². The fourth-order valence-corrected chi connectivity index (χ4v) is 3.09. The van der Waals surface area contributed by atoms with Crippen molar-refractivity contribution in [2.45, 2.75) is 6.92 Å². The van der Waals surface area contributed by atoms with Crippen LogP contribution in [0.2, 0.25) is 0 Å². The van der Waals surface area contributed by atoms with Crippen molar-refractivity contribution in [3.8, 4) is 0 Å². The quantitative estimate of drug-likeness (QED) is 0.340. The maximum Gasteiger partial charge on any atom is 0.347 e. The van der Waals surface area contributed by atoms with Crippen LogP contribution in [-0.2, 0) is 4.79 Å². The molecule has 1 aromatic heterocycles. The molecule has 0 aliphatic heterocycles. The minimum Gasteiger partial charge on any atom is -0.422 e. The molecule has 5 nitrogen and oxygen atoms in total. The fourth-order valence-electron chi connectivity index (χ4n) is 3.09. The normalized spacial score (nSPS) is 10.9. The maximum absolute atomic E-state index is 12.8. The second-order valence-corrected chi connectivity index (χ2v) is 6.23. The Hall–Kier alpha value is -3.73. The van der Waals surface area contributed by atoms with Crippen LogP contribution in [0.25, 0.3) is 21.7 Å². The molecule has 3 aromatic carbocycles. The van der Waals surface area contributed by atoms with Gasteiger partial charge in [0.25, 0.3) is 0 Å². The number of hydrogen-bond donors (Lipinski definition) is 1. The summed E-state index contributed by atoms with van der Waals surface area (Å²) in [5, 5.41) is 5.26. The van der Waals surface area contributed by atoms with Gasteiger partial charge in [-0.05, 0) is 47.2 Å². The molecular weight excluding hydrogens is 342 g/mol. The third kappa shape index (κ3) is 3.11. The summed E-state index contributed by atoms with van der Waals surface area (Å²) in [6, 6.07) is 19.3. The number of rotatable bonds is 3. The van der Waals surface area contributed by atoms with E-state index in [1.807, 2.05) is 30.3 Å². The molecule has 5 heteroatoms. The number of hydrogen-bond acceptors (Lipinski definition) is 4. The summed E-state index contributed by atoms with van der Waals surface area (Å²) in [5.74, 6) is -0.621. The van der Waals surface area contributed by atoms with Gasteiger partial charge in [-0.3, -0.25) is 9.59 Å². The van der Waals surface area contributed by atoms with Gasteiger partial charge in [-0.15, -0.1) is 0 Å². The van der Waals surface area contributed by atoms with E-state index in [-0.39, 0.29) is 11.5 Å². The van der Waals surface area contributed by atoms with E-state index in [2.05, 4.69) is 5.32 Å². The predicted molar refractivity (Wildman–Crippen MR) is 104 cm³/mol. The molecule has 0 spiro atoms. The number of carbonyl (C=O) groups excluding carboxylic acids is 2. The molecule has 1 heterocycles. The Kier molecular flexibility index (Phi) is 4.05. The first-order valence-corrected chi connectivity index (χ1v) is 8.41. The van der Waals surface area contributed by atoms with Crippen molar-refractivity contribution in [3.05, 3.63) is 88.3 Å². The third-order valence-electron chi connectivity index (χ3n) is 4.35. The van der Waals surface area contributed by atoms with Gasteiger partial charge in [0.1, 0.15) is 11.1 Å². The first kappa shape index (κ1) is 16.7. The van der Waals surface area contributed by atoms with Gasteiger partial charge >= 0.3 is 5.63 Å². The largest absolute Gasteiger partial charge is 0.422 e. The van der Waals surface area contributed by atoms with Crippen molar-refractivity contribution in [1.82, 2.24) is 0 Å². The highest BCUT2D eigenvalue weighted by atomic mass is 16.4. The maximum atomic E-state index is 12.8. The number of carbonyl (C=O) groups is 2. The zero-order valence-corrected chi connectivity index (χ0v) is 14.5. The van der Waals surface area contributed by atoms with E-state index >= 15 is 0 Å². The minimum absolute atomic E-state index is 0.0221. The van der Waals surface area contributed by atoms with Crippen LogP contribution in [0.15, 0.2) is 75.9 Å². The fraction of sp³-hybridized carbons (Fsp3) is 0.0455. The zero-order valence-electron chi connectivity index (χ0n) is 14.5. The number of nitrogens with one attached hydrogen (secondary N) is 1. The lowest BCUT2D eigenvalue weighted by molar-refractivity contribution is -0.114. The number of amides is 1. The highest BCUT2D eigenvalue weighted by Gasteiger charge is 2.17. The monoisotopic (exact) mass is 357 g/mol. The number of ketones is 1. The van der Waals surface area contributed by atoms with Crippen molar-refractivity contribution in [3.63, 3.8) is 0 Å². The molecular formula is C22H15NO4. The molecule has 0 aliphatic carbocycles. The summed E-state index contributed by atoms with van der Waals surface area (Å²) >= 11 is 0. The topological polar surface area (TPSA) is 76.4 Å². The first-order chi connectivity index (χ1) is 13.0. The molecule has 4 rings (SSSR count). The van der Waals surface area contributed by atoms with Crippen LogP contribution in [0.5, 0.6) is 0 Å². The Labute approximate surface area is 154 Å². The van der Waals surface area contributed by atoms with Crippen LogP contribution in [0, 0.1) is 0 Å². The first-order valence-electron chi connectivity index (χ1n) is 8.41. The molecule has 0 radical (unpaired) electrons. The zero-order chi connectivity index (χ0) is 19.0. The van der Waals surface area contributed by atoms with E-state index < -0.39 is 11.4 Å². The summed E-state index contributed by atoms with van der Waals surface area (Å²) in [6.07, 6.45) is 0. The Balaban J connectivity index is 1.81. The standard InChI is InChI=1S/C22H15NO4/c1-13(24)23-16-9-6-15(7-10-16)21(25)19-12-18-17-5-3-2-4-14(17)8-11-20(18)27-22(19)26/h2-12H,1H3,(H,23,24). The van der Waals surface area contributed by atoms with Gasteiger partial charge in [0.15, 0.2) is 5.78 Å². The van der Waals surface area contributed by atoms with E-state index in [4.69, 9.17) is 4.42 Å². The lowest BCUT2D eigenvalue weighted by Crippen LogP contribution is -2.15.